The van der Waals surface area contributed by atoms with Crippen LogP contribution in [0.4, 0.5) is 0 Å². The monoisotopic (exact) mass is 348 g/mol. The van der Waals surface area contributed by atoms with Crippen molar-refractivity contribution in [3.8, 4) is 23.3 Å². The molecule has 2 amide bonds. The first-order valence-electron chi connectivity index (χ1n) is 7.86. The van der Waals surface area contributed by atoms with Crippen LogP contribution in [0.5, 0.6) is 0 Å². The second kappa shape index (κ2) is 7.85. The number of hydrogen-bond donors (Lipinski definition) is 3. The SMILES string of the molecule is CNC(=O)c1ccccc1C#CCNC(=O)c1cc(-c2ccco2)[nH]n1. The second-order valence-corrected chi connectivity index (χ2v) is 5.25. The van der Waals surface area contributed by atoms with Gasteiger partial charge in [0.2, 0.25) is 0 Å². The van der Waals surface area contributed by atoms with Crippen molar-refractivity contribution >= 4 is 11.8 Å². The van der Waals surface area contributed by atoms with Crippen LogP contribution >= 0.6 is 0 Å². The number of aromatic nitrogens is 2. The highest BCUT2D eigenvalue weighted by molar-refractivity contribution is 5.96. The average molecular weight is 348 g/mol. The molecular weight excluding hydrogens is 332 g/mol. The standard InChI is InChI=1S/C19H16N4O3/c1-20-18(24)14-8-3-2-6-13(14)7-4-10-21-19(25)16-12-15(22-23-16)17-9-5-11-26-17/h2-3,5-6,8-9,11-12H,10H2,1H3,(H,20,24)(H,21,25)(H,22,23). The van der Waals surface area contributed by atoms with Crippen molar-refractivity contribution in [2.75, 3.05) is 13.6 Å². The van der Waals surface area contributed by atoms with Gasteiger partial charge >= 0.3 is 0 Å². The van der Waals surface area contributed by atoms with E-state index in [2.05, 4.69) is 32.7 Å². The van der Waals surface area contributed by atoms with E-state index in [9.17, 15) is 9.59 Å². The van der Waals surface area contributed by atoms with Crippen molar-refractivity contribution < 1.29 is 14.0 Å². The van der Waals surface area contributed by atoms with Crippen LogP contribution in [-0.2, 0) is 0 Å². The van der Waals surface area contributed by atoms with E-state index in [0.29, 0.717) is 22.6 Å². The normalized spacial score (nSPS) is 9.88. The molecule has 3 N–H and O–H groups in total. The highest BCUT2D eigenvalue weighted by Gasteiger charge is 2.12. The van der Waals surface area contributed by atoms with Gasteiger partial charge in [0.15, 0.2) is 11.5 Å². The fourth-order valence-electron chi connectivity index (χ4n) is 2.28. The molecule has 0 aliphatic carbocycles. The van der Waals surface area contributed by atoms with Crippen molar-refractivity contribution in [1.82, 2.24) is 20.8 Å². The van der Waals surface area contributed by atoms with Gasteiger partial charge in [0.05, 0.1) is 18.4 Å². The maximum Gasteiger partial charge on any atom is 0.272 e. The van der Waals surface area contributed by atoms with E-state index in [4.69, 9.17) is 4.42 Å². The lowest BCUT2D eigenvalue weighted by Crippen LogP contribution is -2.24. The van der Waals surface area contributed by atoms with Crippen LogP contribution in [0, 0.1) is 11.8 Å². The van der Waals surface area contributed by atoms with Crippen LogP contribution in [0.1, 0.15) is 26.4 Å². The number of hydrogen-bond acceptors (Lipinski definition) is 4. The van der Waals surface area contributed by atoms with Crippen LogP contribution in [0.25, 0.3) is 11.5 Å². The number of H-pyrrole nitrogens is 1. The van der Waals surface area contributed by atoms with E-state index in [-0.39, 0.29) is 24.1 Å². The fourth-order valence-corrected chi connectivity index (χ4v) is 2.28. The number of carbonyl (C=O) groups excluding carboxylic acids is 2. The van der Waals surface area contributed by atoms with Crippen molar-refractivity contribution in [1.29, 1.82) is 0 Å². The van der Waals surface area contributed by atoms with Gasteiger partial charge in [-0.1, -0.05) is 24.0 Å². The minimum atomic E-state index is -0.354. The molecule has 3 aromatic rings. The predicted molar refractivity (Wildman–Crippen MR) is 95.3 cm³/mol. The lowest BCUT2D eigenvalue weighted by Gasteiger charge is -2.02. The Morgan fingerprint density at radius 1 is 1.19 bits per heavy atom. The first-order chi connectivity index (χ1) is 12.7. The minimum Gasteiger partial charge on any atom is -0.463 e. The summed E-state index contributed by atoms with van der Waals surface area (Å²) in [5.41, 5.74) is 1.94. The summed E-state index contributed by atoms with van der Waals surface area (Å²) in [7, 11) is 1.56. The molecule has 0 unspecified atom stereocenters. The number of nitrogens with zero attached hydrogens (tertiary/aromatic N) is 1. The van der Waals surface area contributed by atoms with Crippen LogP contribution in [0.3, 0.4) is 0 Å². The molecule has 0 radical (unpaired) electrons. The van der Waals surface area contributed by atoms with E-state index < -0.39 is 0 Å². The van der Waals surface area contributed by atoms with Gasteiger partial charge in [-0.2, -0.15) is 5.10 Å². The Morgan fingerprint density at radius 2 is 2.04 bits per heavy atom. The summed E-state index contributed by atoms with van der Waals surface area (Å²) >= 11 is 0. The molecule has 2 heterocycles. The van der Waals surface area contributed by atoms with E-state index in [0.717, 1.165) is 0 Å². The first kappa shape index (κ1) is 17.0. The van der Waals surface area contributed by atoms with Crippen LogP contribution in [0.15, 0.2) is 53.1 Å². The molecule has 0 saturated heterocycles. The molecular formula is C19H16N4O3. The molecule has 7 nitrogen and oxygen atoms in total. The van der Waals surface area contributed by atoms with Gasteiger partial charge in [0, 0.05) is 18.7 Å². The summed E-state index contributed by atoms with van der Waals surface area (Å²) in [6.45, 7) is 0.129. The molecule has 0 saturated carbocycles. The smallest absolute Gasteiger partial charge is 0.272 e. The van der Waals surface area contributed by atoms with E-state index in [1.54, 1.807) is 55.8 Å². The van der Waals surface area contributed by atoms with Gasteiger partial charge in [-0.15, -0.1) is 0 Å². The lowest BCUT2D eigenvalue weighted by molar-refractivity contribution is 0.0948. The molecule has 0 atom stereocenters. The number of rotatable bonds is 4. The third kappa shape index (κ3) is 3.82. The number of amides is 2. The Balaban J connectivity index is 1.62. The Hall–Kier alpha value is -3.79. The Morgan fingerprint density at radius 3 is 2.81 bits per heavy atom. The molecule has 1 aromatic carbocycles. The van der Waals surface area contributed by atoms with E-state index in [1.807, 2.05) is 0 Å². The third-order valence-corrected chi connectivity index (χ3v) is 3.56. The number of carbonyl (C=O) groups is 2. The summed E-state index contributed by atoms with van der Waals surface area (Å²) < 4.78 is 5.24. The van der Waals surface area contributed by atoms with Crippen molar-refractivity contribution in [3.63, 3.8) is 0 Å². The average Bonchev–Trinajstić information content (AvgIpc) is 3.36. The third-order valence-electron chi connectivity index (χ3n) is 3.56. The highest BCUT2D eigenvalue weighted by Crippen LogP contribution is 2.17. The van der Waals surface area contributed by atoms with Crippen LogP contribution in [0.2, 0.25) is 0 Å². The minimum absolute atomic E-state index is 0.129. The van der Waals surface area contributed by atoms with Crippen molar-refractivity contribution in [2.45, 2.75) is 0 Å². The van der Waals surface area contributed by atoms with Crippen molar-refractivity contribution in [3.05, 3.63) is 65.5 Å². The molecule has 7 heteroatoms. The molecule has 0 aliphatic heterocycles. The van der Waals surface area contributed by atoms with Crippen molar-refractivity contribution in [2.24, 2.45) is 0 Å². The van der Waals surface area contributed by atoms with Gasteiger partial charge < -0.3 is 15.1 Å². The quantitative estimate of drug-likeness (QED) is 0.626. The molecule has 0 aliphatic rings. The summed E-state index contributed by atoms with van der Waals surface area (Å²) in [6, 6.07) is 12.1. The van der Waals surface area contributed by atoms with Gasteiger partial charge in [0.1, 0.15) is 5.69 Å². The zero-order valence-electron chi connectivity index (χ0n) is 14.0. The van der Waals surface area contributed by atoms with Gasteiger partial charge in [-0.05, 0) is 24.3 Å². The first-order valence-corrected chi connectivity index (χ1v) is 7.86. The Labute approximate surface area is 149 Å². The zero-order chi connectivity index (χ0) is 18.4. The number of nitrogens with one attached hydrogen (secondary N) is 3. The van der Waals surface area contributed by atoms with Gasteiger partial charge in [-0.3, -0.25) is 14.7 Å². The summed E-state index contributed by atoms with van der Waals surface area (Å²) in [4.78, 5) is 23.9. The molecule has 0 spiro atoms. The van der Waals surface area contributed by atoms with Crippen LogP contribution < -0.4 is 10.6 Å². The Bertz CT molecular complexity index is 978. The predicted octanol–water partition coefficient (Wildman–Crippen LogP) is 1.81. The molecule has 0 fully saturated rings. The second-order valence-electron chi connectivity index (χ2n) is 5.25. The maximum absolute atomic E-state index is 12.1. The highest BCUT2D eigenvalue weighted by atomic mass is 16.3. The number of furan rings is 1. The van der Waals surface area contributed by atoms with Gasteiger partial charge in [-0.25, -0.2) is 0 Å². The molecule has 26 heavy (non-hydrogen) atoms. The maximum atomic E-state index is 12.1. The van der Waals surface area contributed by atoms with Crippen LogP contribution in [-0.4, -0.2) is 35.6 Å². The summed E-state index contributed by atoms with van der Waals surface area (Å²) in [5.74, 6) is 5.77. The largest absolute Gasteiger partial charge is 0.463 e. The lowest BCUT2D eigenvalue weighted by atomic mass is 10.1. The Kier molecular flexibility index (Phi) is 5.15. The van der Waals surface area contributed by atoms with E-state index >= 15 is 0 Å². The summed E-state index contributed by atoms with van der Waals surface area (Å²) in [6.07, 6.45) is 1.54. The topological polar surface area (TPSA) is 100 Å². The van der Waals surface area contributed by atoms with Gasteiger partial charge in [0.25, 0.3) is 11.8 Å². The molecule has 2 aromatic heterocycles. The fraction of sp³-hybridized carbons (Fsp3) is 0.105. The molecule has 3 rings (SSSR count). The van der Waals surface area contributed by atoms with E-state index in [1.165, 1.54) is 0 Å². The number of aromatic amines is 1. The number of benzene rings is 1. The molecule has 130 valence electrons. The summed E-state index contributed by atoms with van der Waals surface area (Å²) in [5, 5.41) is 11.9. The molecule has 0 bridgehead atoms. The zero-order valence-corrected chi connectivity index (χ0v) is 14.0.